The zero-order valence-corrected chi connectivity index (χ0v) is 12.6. The smallest absolute Gasteiger partial charge is 0.0233 e. The van der Waals surface area contributed by atoms with Gasteiger partial charge in [0.1, 0.15) is 0 Å². The summed E-state index contributed by atoms with van der Waals surface area (Å²) in [5.41, 5.74) is 1.46. The number of hydrogen-bond donors (Lipinski definition) is 0. The van der Waals surface area contributed by atoms with Gasteiger partial charge in [0.2, 0.25) is 0 Å². The van der Waals surface area contributed by atoms with E-state index in [1.165, 1.54) is 48.8 Å². The summed E-state index contributed by atoms with van der Waals surface area (Å²) in [6.45, 7) is 3.74. The van der Waals surface area contributed by atoms with Gasteiger partial charge in [-0.2, -0.15) is 0 Å². The van der Waals surface area contributed by atoms with Gasteiger partial charge in [0.25, 0.3) is 0 Å². The van der Waals surface area contributed by atoms with Crippen molar-refractivity contribution in [3.05, 3.63) is 35.9 Å². The first-order valence-electron chi connectivity index (χ1n) is 6.70. The molecule has 94 valence electrons. The Morgan fingerprint density at radius 1 is 1.24 bits per heavy atom. The minimum absolute atomic E-state index is 0.947. The lowest BCUT2D eigenvalue weighted by Crippen LogP contribution is -2.34. The van der Waals surface area contributed by atoms with Crippen LogP contribution in [0, 0.1) is 5.92 Å². The van der Waals surface area contributed by atoms with Crippen LogP contribution in [0.4, 0.5) is 0 Å². The predicted octanol–water partition coefficient (Wildman–Crippen LogP) is 4.11. The second kappa shape index (κ2) is 7.37. The number of hydrogen-bond acceptors (Lipinski definition) is 1. The molecule has 1 saturated heterocycles. The molecular weight excluding hydrogens is 321 g/mol. The van der Waals surface area contributed by atoms with E-state index in [4.69, 9.17) is 0 Å². The fraction of sp³-hybridized carbons (Fsp3) is 0.600. The summed E-state index contributed by atoms with van der Waals surface area (Å²) in [5, 5.41) is 0. The molecule has 0 amide bonds. The average molecular weight is 343 g/mol. The molecular formula is C15H22IN. The normalized spacial score (nSPS) is 21.6. The fourth-order valence-corrected chi connectivity index (χ4v) is 3.18. The molecule has 0 unspecified atom stereocenters. The van der Waals surface area contributed by atoms with Crippen LogP contribution < -0.4 is 0 Å². The van der Waals surface area contributed by atoms with Crippen molar-refractivity contribution in [2.45, 2.75) is 32.2 Å². The predicted molar refractivity (Wildman–Crippen MR) is 82.6 cm³/mol. The van der Waals surface area contributed by atoms with Crippen LogP contribution >= 0.6 is 22.6 Å². The average Bonchev–Trinajstić information content (AvgIpc) is 2.38. The van der Waals surface area contributed by atoms with Crippen molar-refractivity contribution in [3.8, 4) is 0 Å². The van der Waals surface area contributed by atoms with Crippen LogP contribution in [0.2, 0.25) is 0 Å². The van der Waals surface area contributed by atoms with E-state index >= 15 is 0 Å². The topological polar surface area (TPSA) is 3.24 Å². The summed E-state index contributed by atoms with van der Waals surface area (Å²) >= 11 is 2.49. The maximum Gasteiger partial charge on any atom is 0.0233 e. The Morgan fingerprint density at radius 3 is 2.82 bits per heavy atom. The van der Waals surface area contributed by atoms with Crippen LogP contribution in [0.25, 0.3) is 0 Å². The first-order chi connectivity index (χ1) is 8.38. The Labute approximate surface area is 119 Å². The van der Waals surface area contributed by atoms with Gasteiger partial charge in [-0.3, -0.25) is 4.90 Å². The molecule has 17 heavy (non-hydrogen) atoms. The highest BCUT2D eigenvalue weighted by atomic mass is 127. The summed E-state index contributed by atoms with van der Waals surface area (Å²) in [5.74, 6) is 0.947. The summed E-state index contributed by atoms with van der Waals surface area (Å²) in [6.07, 6.45) is 5.65. The van der Waals surface area contributed by atoms with Gasteiger partial charge in [0.05, 0.1) is 0 Å². The van der Waals surface area contributed by atoms with Gasteiger partial charge in [-0.15, -0.1) is 0 Å². The Morgan fingerprint density at radius 2 is 2.06 bits per heavy atom. The molecule has 1 aromatic rings. The highest BCUT2D eigenvalue weighted by Gasteiger charge is 2.19. The Balaban J connectivity index is 1.81. The Kier molecular flexibility index (Phi) is 5.78. The van der Waals surface area contributed by atoms with Gasteiger partial charge in [-0.25, -0.2) is 0 Å². The van der Waals surface area contributed by atoms with E-state index < -0.39 is 0 Å². The Hall–Kier alpha value is -0.0900. The van der Waals surface area contributed by atoms with Gasteiger partial charge in [-0.05, 0) is 48.1 Å². The van der Waals surface area contributed by atoms with E-state index in [2.05, 4.69) is 57.8 Å². The highest BCUT2D eigenvalue weighted by molar-refractivity contribution is 14.1. The maximum absolute atomic E-state index is 2.64. The van der Waals surface area contributed by atoms with Crippen molar-refractivity contribution in [2.75, 3.05) is 17.5 Å². The van der Waals surface area contributed by atoms with Crippen molar-refractivity contribution >= 4 is 22.6 Å². The lowest BCUT2D eigenvalue weighted by molar-refractivity contribution is 0.161. The first kappa shape index (κ1) is 13.3. The van der Waals surface area contributed by atoms with Gasteiger partial charge in [-0.1, -0.05) is 52.9 Å². The number of alkyl halides is 1. The number of likely N-dealkylation sites (tertiary alicyclic amines) is 1. The molecule has 1 aliphatic rings. The molecule has 1 aromatic carbocycles. The molecule has 1 fully saturated rings. The van der Waals surface area contributed by atoms with E-state index in [1.807, 2.05) is 0 Å². The first-order valence-corrected chi connectivity index (χ1v) is 8.23. The van der Waals surface area contributed by atoms with Crippen LogP contribution in [0.15, 0.2) is 30.3 Å². The molecule has 1 atom stereocenters. The lowest BCUT2D eigenvalue weighted by atomic mass is 9.93. The zero-order valence-electron chi connectivity index (χ0n) is 10.4. The van der Waals surface area contributed by atoms with Crippen LogP contribution in [0.1, 0.15) is 31.2 Å². The van der Waals surface area contributed by atoms with E-state index in [0.29, 0.717) is 0 Å². The summed E-state index contributed by atoms with van der Waals surface area (Å²) < 4.78 is 1.31. The molecule has 0 aromatic heterocycles. The molecule has 0 spiro atoms. The third-order valence-electron chi connectivity index (χ3n) is 3.60. The summed E-state index contributed by atoms with van der Waals surface area (Å²) in [7, 11) is 0. The number of halogens is 1. The zero-order chi connectivity index (χ0) is 11.9. The second-order valence-corrected chi connectivity index (χ2v) is 6.14. The SMILES string of the molecule is ICCC[C@H]1CCCN(Cc2ccccc2)C1. The van der Waals surface area contributed by atoms with E-state index in [-0.39, 0.29) is 0 Å². The molecule has 2 heteroatoms. The third kappa shape index (κ3) is 4.59. The monoisotopic (exact) mass is 343 g/mol. The molecule has 0 saturated carbocycles. The molecule has 0 aliphatic carbocycles. The molecule has 0 radical (unpaired) electrons. The second-order valence-electron chi connectivity index (χ2n) is 5.06. The van der Waals surface area contributed by atoms with Crippen molar-refractivity contribution in [2.24, 2.45) is 5.92 Å². The van der Waals surface area contributed by atoms with Gasteiger partial charge < -0.3 is 0 Å². The van der Waals surface area contributed by atoms with Crippen LogP contribution in [0.5, 0.6) is 0 Å². The highest BCUT2D eigenvalue weighted by Crippen LogP contribution is 2.22. The minimum Gasteiger partial charge on any atom is -0.299 e. The van der Waals surface area contributed by atoms with Crippen molar-refractivity contribution in [3.63, 3.8) is 0 Å². The summed E-state index contributed by atoms with van der Waals surface area (Å²) in [4.78, 5) is 2.64. The Bertz CT molecular complexity index is 312. The van der Waals surface area contributed by atoms with Gasteiger partial charge in [0.15, 0.2) is 0 Å². The van der Waals surface area contributed by atoms with Gasteiger partial charge in [0, 0.05) is 13.1 Å². The largest absolute Gasteiger partial charge is 0.299 e. The third-order valence-corrected chi connectivity index (χ3v) is 4.36. The molecule has 1 heterocycles. The number of nitrogens with zero attached hydrogens (tertiary/aromatic N) is 1. The van der Waals surface area contributed by atoms with E-state index in [0.717, 1.165) is 12.5 Å². The lowest BCUT2D eigenvalue weighted by Gasteiger charge is -2.32. The van der Waals surface area contributed by atoms with Crippen molar-refractivity contribution in [1.82, 2.24) is 4.90 Å². The van der Waals surface area contributed by atoms with E-state index in [9.17, 15) is 0 Å². The van der Waals surface area contributed by atoms with Gasteiger partial charge >= 0.3 is 0 Å². The molecule has 2 rings (SSSR count). The molecule has 0 N–H and O–H groups in total. The standard InChI is InChI=1S/C15H22IN/c16-10-4-8-15-9-5-11-17(13-15)12-14-6-2-1-3-7-14/h1-3,6-7,15H,4-5,8-13H2/t15-/m0/s1. The minimum atomic E-state index is 0.947. The molecule has 1 aliphatic heterocycles. The van der Waals surface area contributed by atoms with Crippen LogP contribution in [0.3, 0.4) is 0 Å². The van der Waals surface area contributed by atoms with Crippen LogP contribution in [-0.2, 0) is 6.54 Å². The number of rotatable bonds is 5. The molecule has 0 bridgehead atoms. The van der Waals surface area contributed by atoms with E-state index in [1.54, 1.807) is 0 Å². The summed E-state index contributed by atoms with van der Waals surface area (Å²) in [6, 6.07) is 10.9. The number of piperidine rings is 1. The fourth-order valence-electron chi connectivity index (χ4n) is 2.74. The van der Waals surface area contributed by atoms with Crippen LogP contribution in [-0.4, -0.2) is 22.4 Å². The number of benzene rings is 1. The van der Waals surface area contributed by atoms with Crippen molar-refractivity contribution < 1.29 is 0 Å². The molecule has 1 nitrogen and oxygen atoms in total. The quantitative estimate of drug-likeness (QED) is 0.574. The van der Waals surface area contributed by atoms with Crippen molar-refractivity contribution in [1.29, 1.82) is 0 Å². The maximum atomic E-state index is 2.64.